The predicted molar refractivity (Wildman–Crippen MR) is 67.3 cm³/mol. The molecule has 0 radical (unpaired) electrons. The molecule has 5 nitrogen and oxygen atoms in total. The van der Waals surface area contributed by atoms with E-state index in [1.165, 1.54) is 0 Å². The summed E-state index contributed by atoms with van der Waals surface area (Å²) in [7, 11) is 0. The van der Waals surface area contributed by atoms with Crippen LogP contribution in [0.3, 0.4) is 0 Å². The standard InChI is InChI=1S/C13H15N3O2/c1-9(7-14)15-5-4-10-2-3-12-11(6-10)16-13(17)8-18-12/h2-3,6,9,15H,4-5,8H2,1H3,(H,16,17). The van der Waals surface area contributed by atoms with Crippen LogP contribution < -0.4 is 15.4 Å². The Kier molecular flexibility index (Phi) is 3.80. The summed E-state index contributed by atoms with van der Waals surface area (Å²) in [4.78, 5) is 11.2. The van der Waals surface area contributed by atoms with Crippen molar-refractivity contribution < 1.29 is 9.53 Å². The fraction of sp³-hybridized carbons (Fsp3) is 0.385. The maximum Gasteiger partial charge on any atom is 0.262 e. The van der Waals surface area contributed by atoms with E-state index in [4.69, 9.17) is 10.00 Å². The van der Waals surface area contributed by atoms with E-state index in [0.717, 1.165) is 24.2 Å². The first kappa shape index (κ1) is 12.4. The van der Waals surface area contributed by atoms with E-state index >= 15 is 0 Å². The molecule has 1 aliphatic rings. The molecule has 94 valence electrons. The summed E-state index contributed by atoms with van der Waals surface area (Å²) in [6.07, 6.45) is 0.801. The number of amides is 1. The molecule has 1 aromatic carbocycles. The summed E-state index contributed by atoms with van der Waals surface area (Å²) in [6.45, 7) is 2.62. The molecule has 2 N–H and O–H groups in total. The van der Waals surface area contributed by atoms with Crippen molar-refractivity contribution in [1.29, 1.82) is 5.26 Å². The van der Waals surface area contributed by atoms with E-state index in [-0.39, 0.29) is 18.6 Å². The molecule has 1 aliphatic heterocycles. The van der Waals surface area contributed by atoms with Gasteiger partial charge in [0.2, 0.25) is 0 Å². The zero-order valence-electron chi connectivity index (χ0n) is 10.2. The predicted octanol–water partition coefficient (Wildman–Crippen LogP) is 1.06. The molecule has 0 spiro atoms. The second-order valence-corrected chi connectivity index (χ2v) is 4.22. The molecule has 0 fully saturated rings. The first-order valence-electron chi connectivity index (χ1n) is 5.87. The third kappa shape index (κ3) is 2.99. The van der Waals surface area contributed by atoms with Gasteiger partial charge in [-0.1, -0.05) is 6.07 Å². The topological polar surface area (TPSA) is 74.2 Å². The number of carbonyl (C=O) groups is 1. The van der Waals surface area contributed by atoms with Crippen LogP contribution in [0.1, 0.15) is 12.5 Å². The van der Waals surface area contributed by atoms with E-state index in [0.29, 0.717) is 5.75 Å². The third-order valence-electron chi connectivity index (χ3n) is 2.73. The van der Waals surface area contributed by atoms with Gasteiger partial charge in [0.05, 0.1) is 17.8 Å². The molecule has 0 bridgehead atoms. The number of carbonyl (C=O) groups excluding carboxylic acids is 1. The van der Waals surface area contributed by atoms with Gasteiger partial charge in [-0.05, 0) is 31.0 Å². The maximum absolute atomic E-state index is 11.2. The van der Waals surface area contributed by atoms with Gasteiger partial charge in [-0.15, -0.1) is 0 Å². The van der Waals surface area contributed by atoms with Crippen LogP contribution >= 0.6 is 0 Å². The van der Waals surface area contributed by atoms with Crippen LogP contribution in [-0.2, 0) is 11.2 Å². The van der Waals surface area contributed by atoms with Crippen LogP contribution in [0.2, 0.25) is 0 Å². The van der Waals surface area contributed by atoms with Gasteiger partial charge in [0.25, 0.3) is 5.91 Å². The normalized spacial score (nSPS) is 15.0. The Balaban J connectivity index is 1.96. The molecular formula is C13H15N3O2. The molecule has 18 heavy (non-hydrogen) atoms. The Hall–Kier alpha value is -2.06. The van der Waals surface area contributed by atoms with Crippen LogP contribution in [0, 0.1) is 11.3 Å². The number of hydrogen-bond acceptors (Lipinski definition) is 4. The summed E-state index contributed by atoms with van der Waals surface area (Å²) in [6, 6.07) is 7.71. The van der Waals surface area contributed by atoms with E-state index in [1.807, 2.05) is 25.1 Å². The number of nitriles is 1. The highest BCUT2D eigenvalue weighted by Gasteiger charge is 2.15. The monoisotopic (exact) mass is 245 g/mol. The van der Waals surface area contributed by atoms with Crippen molar-refractivity contribution >= 4 is 11.6 Å². The molecule has 0 saturated carbocycles. The maximum atomic E-state index is 11.2. The lowest BCUT2D eigenvalue weighted by Crippen LogP contribution is -2.27. The quantitative estimate of drug-likeness (QED) is 0.832. The minimum absolute atomic E-state index is 0.0770. The molecule has 0 aliphatic carbocycles. The van der Waals surface area contributed by atoms with E-state index in [2.05, 4.69) is 16.7 Å². The number of fused-ring (bicyclic) bond motifs is 1. The van der Waals surface area contributed by atoms with Crippen molar-refractivity contribution in [1.82, 2.24) is 5.32 Å². The summed E-state index contributed by atoms with van der Waals surface area (Å²) < 4.78 is 5.28. The number of hydrogen-bond donors (Lipinski definition) is 2. The molecule has 1 aromatic rings. The fourth-order valence-electron chi connectivity index (χ4n) is 1.76. The van der Waals surface area contributed by atoms with Crippen molar-refractivity contribution in [2.75, 3.05) is 18.5 Å². The average Bonchev–Trinajstić information content (AvgIpc) is 2.38. The molecule has 0 saturated heterocycles. The fourth-order valence-corrected chi connectivity index (χ4v) is 1.76. The smallest absolute Gasteiger partial charge is 0.262 e. The Morgan fingerprint density at radius 1 is 1.61 bits per heavy atom. The third-order valence-corrected chi connectivity index (χ3v) is 2.73. The van der Waals surface area contributed by atoms with Crippen LogP contribution in [-0.4, -0.2) is 25.1 Å². The van der Waals surface area contributed by atoms with Crippen molar-refractivity contribution in [2.24, 2.45) is 0 Å². The summed E-state index contributed by atoms with van der Waals surface area (Å²) in [5.41, 5.74) is 1.81. The Morgan fingerprint density at radius 3 is 3.22 bits per heavy atom. The molecule has 0 aromatic heterocycles. The molecule has 1 unspecified atom stereocenters. The van der Waals surface area contributed by atoms with E-state index in [9.17, 15) is 4.79 Å². The lowest BCUT2D eigenvalue weighted by Gasteiger charge is -2.18. The Bertz CT molecular complexity index is 493. The lowest BCUT2D eigenvalue weighted by atomic mass is 10.1. The number of rotatable bonds is 4. The van der Waals surface area contributed by atoms with E-state index in [1.54, 1.807) is 0 Å². The first-order valence-corrected chi connectivity index (χ1v) is 5.87. The van der Waals surface area contributed by atoms with Gasteiger partial charge in [-0.2, -0.15) is 5.26 Å². The van der Waals surface area contributed by atoms with Crippen LogP contribution in [0.25, 0.3) is 0 Å². The zero-order valence-corrected chi connectivity index (χ0v) is 10.2. The second-order valence-electron chi connectivity index (χ2n) is 4.22. The summed E-state index contributed by atoms with van der Waals surface area (Å²) in [5, 5.41) is 14.5. The molecule has 2 rings (SSSR count). The summed E-state index contributed by atoms with van der Waals surface area (Å²) in [5.74, 6) is 0.576. The second kappa shape index (κ2) is 5.52. The number of ether oxygens (including phenoxy) is 1. The van der Waals surface area contributed by atoms with Gasteiger partial charge in [0.15, 0.2) is 6.61 Å². The van der Waals surface area contributed by atoms with Crippen molar-refractivity contribution in [3.05, 3.63) is 23.8 Å². The lowest BCUT2D eigenvalue weighted by molar-refractivity contribution is -0.118. The molecule has 1 heterocycles. The SMILES string of the molecule is CC(C#N)NCCc1ccc2c(c1)NC(=O)CO2. The largest absolute Gasteiger partial charge is 0.482 e. The molecule has 1 atom stereocenters. The van der Waals surface area contributed by atoms with Gasteiger partial charge in [-0.25, -0.2) is 0 Å². The van der Waals surface area contributed by atoms with Crippen molar-refractivity contribution in [2.45, 2.75) is 19.4 Å². The minimum atomic E-state index is -0.148. The minimum Gasteiger partial charge on any atom is -0.482 e. The van der Waals surface area contributed by atoms with Gasteiger partial charge in [0, 0.05) is 6.54 Å². The van der Waals surface area contributed by atoms with E-state index < -0.39 is 0 Å². The number of benzene rings is 1. The molecule has 1 amide bonds. The Labute approximate surface area is 106 Å². The highest BCUT2D eigenvalue weighted by atomic mass is 16.5. The first-order chi connectivity index (χ1) is 8.69. The highest BCUT2D eigenvalue weighted by Crippen LogP contribution is 2.28. The van der Waals surface area contributed by atoms with Crippen molar-refractivity contribution in [3.8, 4) is 11.8 Å². The molecule has 5 heteroatoms. The van der Waals surface area contributed by atoms with Crippen LogP contribution in [0.4, 0.5) is 5.69 Å². The van der Waals surface area contributed by atoms with Crippen LogP contribution in [0.5, 0.6) is 5.75 Å². The van der Waals surface area contributed by atoms with Gasteiger partial charge in [0.1, 0.15) is 5.75 Å². The van der Waals surface area contributed by atoms with Gasteiger partial charge >= 0.3 is 0 Å². The van der Waals surface area contributed by atoms with Crippen LogP contribution in [0.15, 0.2) is 18.2 Å². The zero-order chi connectivity index (χ0) is 13.0. The Morgan fingerprint density at radius 2 is 2.44 bits per heavy atom. The molecular weight excluding hydrogens is 230 g/mol. The number of anilines is 1. The highest BCUT2D eigenvalue weighted by molar-refractivity contribution is 5.95. The van der Waals surface area contributed by atoms with Crippen molar-refractivity contribution in [3.63, 3.8) is 0 Å². The number of nitrogens with zero attached hydrogens (tertiary/aromatic N) is 1. The number of nitrogens with one attached hydrogen (secondary N) is 2. The average molecular weight is 245 g/mol. The van der Waals surface area contributed by atoms with Gasteiger partial charge < -0.3 is 15.4 Å². The summed E-state index contributed by atoms with van der Waals surface area (Å²) >= 11 is 0. The van der Waals surface area contributed by atoms with Gasteiger partial charge in [-0.3, -0.25) is 4.79 Å².